The van der Waals surface area contributed by atoms with Gasteiger partial charge in [0.25, 0.3) is 0 Å². The molecule has 1 aromatic carbocycles. The number of fused-ring (bicyclic) bond motifs is 1. The van der Waals surface area contributed by atoms with Crippen LogP contribution in [-0.4, -0.2) is 68.4 Å². The van der Waals surface area contributed by atoms with E-state index in [1.807, 2.05) is 4.90 Å². The molecule has 1 atom stereocenters. The molecule has 1 amide bonds. The van der Waals surface area contributed by atoms with Crippen molar-refractivity contribution in [2.24, 2.45) is 5.92 Å². The van der Waals surface area contributed by atoms with Crippen LogP contribution >= 0.6 is 0 Å². The van der Waals surface area contributed by atoms with Gasteiger partial charge in [-0.25, -0.2) is 22.6 Å². The second kappa shape index (κ2) is 10.4. The van der Waals surface area contributed by atoms with Crippen molar-refractivity contribution >= 4 is 36.1 Å². The largest absolute Gasteiger partial charge is 0.798 e. The average Bonchev–Trinajstić information content (AvgIpc) is 3.56. The number of halogens is 3. The van der Waals surface area contributed by atoms with E-state index in [0.717, 1.165) is 18.9 Å². The number of carbonyl (C=O) groups is 2. The number of methoxy groups -OCH3 is 1. The molecule has 13 heteroatoms. The van der Waals surface area contributed by atoms with E-state index in [2.05, 4.69) is 4.65 Å². The average molecular weight is 537 g/mol. The fraction of sp³-hybridized carbons (Fsp3) is 0.560. The number of aromatic nitrogens is 1. The molecule has 0 bridgehead atoms. The van der Waals surface area contributed by atoms with E-state index in [9.17, 15) is 23.0 Å². The Balaban J connectivity index is 1.69. The van der Waals surface area contributed by atoms with Crippen molar-refractivity contribution in [1.82, 2.24) is 9.47 Å². The Morgan fingerprint density at radius 2 is 1.89 bits per heavy atom. The van der Waals surface area contributed by atoms with E-state index in [-0.39, 0.29) is 28.8 Å². The molecular weight excluding hydrogens is 506 g/mol. The SMILES string of the molecule is COc1c(N2CCC(CN(C)C(=O)OC(C)(C)C)C2)c(F)cc2c(=O)c(C(=O)OB(F)F)cn(C3CC3)c12. The smallest absolute Gasteiger partial charge is 0.492 e. The van der Waals surface area contributed by atoms with E-state index in [1.54, 1.807) is 32.4 Å². The molecular formula is C25H31BF3N3O6. The van der Waals surface area contributed by atoms with Crippen molar-refractivity contribution in [1.29, 1.82) is 0 Å². The molecule has 1 aliphatic carbocycles. The first kappa shape index (κ1) is 27.7. The molecule has 4 rings (SSSR count). The highest BCUT2D eigenvalue weighted by Crippen LogP contribution is 2.44. The van der Waals surface area contributed by atoms with Gasteiger partial charge in [0.15, 0.2) is 11.6 Å². The van der Waals surface area contributed by atoms with Crippen LogP contribution in [0.1, 0.15) is 56.4 Å². The Bertz CT molecular complexity index is 1310. The lowest BCUT2D eigenvalue weighted by Gasteiger charge is -2.27. The molecule has 1 saturated carbocycles. The summed E-state index contributed by atoms with van der Waals surface area (Å²) in [6.07, 6.45) is 2.90. The molecule has 0 N–H and O–H groups in total. The van der Waals surface area contributed by atoms with Crippen molar-refractivity contribution in [2.45, 2.75) is 51.7 Å². The highest BCUT2D eigenvalue weighted by molar-refractivity contribution is 6.38. The van der Waals surface area contributed by atoms with Crippen LogP contribution in [0.2, 0.25) is 0 Å². The monoisotopic (exact) mass is 537 g/mol. The lowest BCUT2D eigenvalue weighted by Crippen LogP contribution is -2.37. The summed E-state index contributed by atoms with van der Waals surface area (Å²) >= 11 is 0. The third kappa shape index (κ3) is 5.71. The van der Waals surface area contributed by atoms with Crippen molar-refractivity contribution < 1.29 is 36.7 Å². The maximum atomic E-state index is 15.6. The van der Waals surface area contributed by atoms with Gasteiger partial charge >= 0.3 is 19.5 Å². The summed E-state index contributed by atoms with van der Waals surface area (Å²) in [7, 11) is -0.376. The predicted molar refractivity (Wildman–Crippen MR) is 136 cm³/mol. The fourth-order valence-electron chi connectivity index (χ4n) is 4.85. The number of pyridine rings is 1. The summed E-state index contributed by atoms with van der Waals surface area (Å²) in [5, 5.41) is -0.154. The Morgan fingerprint density at radius 3 is 2.47 bits per heavy atom. The summed E-state index contributed by atoms with van der Waals surface area (Å²) in [6.45, 7) is 6.69. The minimum Gasteiger partial charge on any atom is -0.492 e. The topological polar surface area (TPSA) is 90.3 Å². The van der Waals surface area contributed by atoms with Gasteiger partial charge in [0.1, 0.15) is 16.9 Å². The third-order valence-electron chi connectivity index (χ3n) is 6.60. The fourth-order valence-corrected chi connectivity index (χ4v) is 4.85. The summed E-state index contributed by atoms with van der Waals surface area (Å²) in [6, 6.07) is 0.922. The van der Waals surface area contributed by atoms with Gasteiger partial charge in [0, 0.05) is 38.9 Å². The highest BCUT2D eigenvalue weighted by atomic mass is 19.2. The second-order valence-electron chi connectivity index (χ2n) is 10.8. The number of rotatable bonds is 7. The van der Waals surface area contributed by atoms with Gasteiger partial charge in [-0.15, -0.1) is 0 Å². The van der Waals surface area contributed by atoms with Crippen molar-refractivity contribution in [2.75, 3.05) is 38.7 Å². The molecule has 2 fully saturated rings. The molecule has 1 saturated heterocycles. The standard InChI is InChI=1S/C25H31BF3N3O6/c1-25(2,3)37-24(35)30(4)11-14-8-9-31(12-14)20-18(27)10-16-19(22(20)36-5)32(15-6-7-15)13-17(21(16)33)23(34)38-26(28)29/h10,13-15H,6-9,11-12H2,1-5H3. The van der Waals surface area contributed by atoms with Gasteiger partial charge in [-0.3, -0.25) is 4.79 Å². The summed E-state index contributed by atoms with van der Waals surface area (Å²) < 4.78 is 57.5. The zero-order valence-corrected chi connectivity index (χ0v) is 22.1. The van der Waals surface area contributed by atoms with E-state index in [1.165, 1.54) is 18.2 Å². The number of ether oxygens (including phenoxy) is 2. The molecule has 9 nitrogen and oxygen atoms in total. The Hall–Kier alpha value is -3.38. The second-order valence-corrected chi connectivity index (χ2v) is 10.8. The molecule has 0 spiro atoms. The number of nitrogens with zero attached hydrogens (tertiary/aromatic N) is 3. The van der Waals surface area contributed by atoms with E-state index in [0.29, 0.717) is 31.6 Å². The molecule has 0 radical (unpaired) electrons. The molecule has 1 aromatic heterocycles. The molecule has 38 heavy (non-hydrogen) atoms. The Kier molecular flexibility index (Phi) is 7.58. The van der Waals surface area contributed by atoms with Crippen LogP contribution in [0.4, 0.5) is 23.5 Å². The number of hydrogen-bond acceptors (Lipinski definition) is 7. The minimum absolute atomic E-state index is 0.0319. The van der Waals surface area contributed by atoms with Gasteiger partial charge < -0.3 is 28.5 Å². The van der Waals surface area contributed by atoms with Gasteiger partial charge in [-0.1, -0.05) is 0 Å². The van der Waals surface area contributed by atoms with Crippen LogP contribution in [0, 0.1) is 11.7 Å². The molecule has 206 valence electrons. The number of carbonyl (C=O) groups excluding carboxylic acids is 2. The van der Waals surface area contributed by atoms with Gasteiger partial charge in [-0.2, -0.15) is 0 Å². The van der Waals surface area contributed by atoms with Gasteiger partial charge in [0.2, 0.25) is 5.43 Å². The minimum atomic E-state index is -3.39. The lowest BCUT2D eigenvalue weighted by molar-refractivity contribution is 0.0277. The molecule has 1 unspecified atom stereocenters. The van der Waals surface area contributed by atoms with E-state index in [4.69, 9.17) is 9.47 Å². The zero-order chi connectivity index (χ0) is 27.9. The lowest BCUT2D eigenvalue weighted by atomic mass is 10.1. The van der Waals surface area contributed by atoms with Crippen molar-refractivity contribution in [3.8, 4) is 5.75 Å². The first-order valence-corrected chi connectivity index (χ1v) is 12.4. The van der Waals surface area contributed by atoms with Gasteiger partial charge in [-0.05, 0) is 52.0 Å². The Morgan fingerprint density at radius 1 is 1.21 bits per heavy atom. The van der Waals surface area contributed by atoms with Crippen LogP contribution in [0.5, 0.6) is 5.75 Å². The normalized spacial score (nSPS) is 17.5. The number of benzene rings is 1. The maximum absolute atomic E-state index is 15.6. The van der Waals surface area contributed by atoms with Crippen LogP contribution in [0.15, 0.2) is 17.1 Å². The maximum Gasteiger partial charge on any atom is 0.798 e. The van der Waals surface area contributed by atoms with Crippen molar-refractivity contribution in [3.05, 3.63) is 33.9 Å². The van der Waals surface area contributed by atoms with E-state index < -0.39 is 41.9 Å². The molecule has 2 heterocycles. The molecule has 2 aromatic rings. The predicted octanol–water partition coefficient (Wildman–Crippen LogP) is 4.26. The summed E-state index contributed by atoms with van der Waals surface area (Å²) in [5.41, 5.74) is -1.67. The molecule has 1 aliphatic heterocycles. The van der Waals surface area contributed by atoms with Crippen LogP contribution < -0.4 is 15.1 Å². The Labute approximate surface area is 218 Å². The zero-order valence-electron chi connectivity index (χ0n) is 22.1. The van der Waals surface area contributed by atoms with Crippen LogP contribution in [0.25, 0.3) is 10.9 Å². The summed E-state index contributed by atoms with van der Waals surface area (Å²) in [4.78, 5) is 41.0. The number of amides is 1. The van der Waals surface area contributed by atoms with Gasteiger partial charge in [0.05, 0.1) is 18.0 Å². The summed E-state index contributed by atoms with van der Waals surface area (Å²) in [5.74, 6) is -2.06. The third-order valence-corrected chi connectivity index (χ3v) is 6.60. The van der Waals surface area contributed by atoms with Crippen LogP contribution in [0.3, 0.4) is 0 Å². The first-order valence-electron chi connectivity index (χ1n) is 12.4. The first-order chi connectivity index (χ1) is 17.8. The molecule has 2 aliphatic rings. The van der Waals surface area contributed by atoms with Crippen LogP contribution in [-0.2, 0) is 9.39 Å². The number of hydrogen-bond donors (Lipinski definition) is 0. The van der Waals surface area contributed by atoms with Crippen molar-refractivity contribution in [3.63, 3.8) is 0 Å². The number of anilines is 1. The quantitative estimate of drug-likeness (QED) is 0.488. The highest BCUT2D eigenvalue weighted by Gasteiger charge is 2.35. The van der Waals surface area contributed by atoms with E-state index >= 15 is 4.39 Å².